The quantitative estimate of drug-likeness (QED) is 0.743. The van der Waals surface area contributed by atoms with E-state index in [0.29, 0.717) is 10.3 Å². The molecule has 78 valence electrons. The van der Waals surface area contributed by atoms with E-state index in [-0.39, 0.29) is 11.7 Å². The first-order valence-electron chi connectivity index (χ1n) is 4.42. The Labute approximate surface area is 102 Å². The fourth-order valence-electron chi connectivity index (χ4n) is 0.995. The summed E-state index contributed by atoms with van der Waals surface area (Å²) in [6, 6.07) is 1.80. The fourth-order valence-corrected chi connectivity index (χ4v) is 2.74. The minimum absolute atomic E-state index is 0.0524. The highest BCUT2D eigenvalue weighted by Gasteiger charge is 2.21. The summed E-state index contributed by atoms with van der Waals surface area (Å²) in [6.07, 6.45) is 0. The molecule has 14 heavy (non-hydrogen) atoms. The van der Waals surface area contributed by atoms with Crippen LogP contribution in [0.1, 0.15) is 30.4 Å². The highest BCUT2D eigenvalue weighted by molar-refractivity contribution is 9.10. The number of rotatable bonds is 3. The lowest BCUT2D eigenvalue weighted by Crippen LogP contribution is -2.15. The van der Waals surface area contributed by atoms with Crippen molar-refractivity contribution in [1.29, 1.82) is 0 Å². The molecule has 0 saturated heterocycles. The number of hydrogen-bond acceptors (Lipinski definition) is 2. The van der Waals surface area contributed by atoms with Crippen molar-refractivity contribution < 1.29 is 4.79 Å². The Morgan fingerprint density at radius 2 is 2.07 bits per heavy atom. The summed E-state index contributed by atoms with van der Waals surface area (Å²) < 4.78 is 1.45. The van der Waals surface area contributed by atoms with Gasteiger partial charge in [0, 0.05) is 10.4 Å². The van der Waals surface area contributed by atoms with Gasteiger partial charge in [-0.25, -0.2) is 0 Å². The molecule has 1 rings (SSSR count). The summed E-state index contributed by atoms with van der Waals surface area (Å²) in [4.78, 5) is 12.6. The number of halogens is 2. The molecule has 0 aromatic carbocycles. The van der Waals surface area contributed by atoms with Crippen LogP contribution >= 0.6 is 38.9 Å². The molecule has 0 amide bonds. The van der Waals surface area contributed by atoms with E-state index in [1.807, 2.05) is 20.8 Å². The third kappa shape index (κ3) is 2.59. The number of carbonyl (C=O) groups is 1. The molecule has 0 saturated carbocycles. The van der Waals surface area contributed by atoms with E-state index >= 15 is 0 Å². The molecule has 0 aliphatic carbocycles. The number of hydrogen-bond donors (Lipinski definition) is 0. The third-order valence-corrected chi connectivity index (χ3v) is 4.79. The average molecular weight is 296 g/mol. The van der Waals surface area contributed by atoms with Crippen LogP contribution in [0.15, 0.2) is 10.5 Å². The zero-order valence-corrected chi connectivity index (χ0v) is 11.5. The molecule has 1 aromatic heterocycles. The van der Waals surface area contributed by atoms with E-state index < -0.39 is 0 Å². The van der Waals surface area contributed by atoms with Gasteiger partial charge in [0.2, 0.25) is 0 Å². The SMILES string of the molecule is CC(C)C(C)C(=O)c1cc(Br)c(Cl)s1. The van der Waals surface area contributed by atoms with Crippen LogP contribution in [0.4, 0.5) is 0 Å². The minimum Gasteiger partial charge on any atom is -0.293 e. The van der Waals surface area contributed by atoms with Gasteiger partial charge in [0.05, 0.1) is 4.88 Å². The Kier molecular flexibility index (Phi) is 4.16. The lowest BCUT2D eigenvalue weighted by molar-refractivity contribution is 0.0904. The molecule has 0 fully saturated rings. The molecule has 1 heterocycles. The predicted molar refractivity (Wildman–Crippen MR) is 65.4 cm³/mol. The number of ketones is 1. The molecule has 0 spiro atoms. The second-order valence-electron chi connectivity index (χ2n) is 3.63. The van der Waals surface area contributed by atoms with Gasteiger partial charge in [-0.3, -0.25) is 4.79 Å². The monoisotopic (exact) mass is 294 g/mol. The van der Waals surface area contributed by atoms with Crippen molar-refractivity contribution in [2.45, 2.75) is 20.8 Å². The summed E-state index contributed by atoms with van der Waals surface area (Å²) in [6.45, 7) is 6.05. The standard InChI is InChI=1S/C10H12BrClOS/c1-5(2)6(3)9(13)8-4-7(11)10(12)14-8/h4-6H,1-3H3. The van der Waals surface area contributed by atoms with E-state index in [9.17, 15) is 4.79 Å². The molecule has 1 unspecified atom stereocenters. The maximum Gasteiger partial charge on any atom is 0.175 e. The number of thiophene rings is 1. The lowest BCUT2D eigenvalue weighted by Gasteiger charge is -2.12. The predicted octanol–water partition coefficient (Wildman–Crippen LogP) is 4.64. The Hall–Kier alpha value is 0.140. The van der Waals surface area contributed by atoms with Crippen LogP contribution in [0, 0.1) is 11.8 Å². The van der Waals surface area contributed by atoms with E-state index in [2.05, 4.69) is 15.9 Å². The molecule has 0 aliphatic rings. The molecular weight excluding hydrogens is 284 g/mol. The summed E-state index contributed by atoms with van der Waals surface area (Å²) in [7, 11) is 0. The van der Waals surface area contributed by atoms with Gasteiger partial charge in [-0.2, -0.15) is 0 Å². The van der Waals surface area contributed by atoms with Gasteiger partial charge in [0.15, 0.2) is 5.78 Å². The molecule has 0 bridgehead atoms. The van der Waals surface area contributed by atoms with Crippen LogP contribution in [0.25, 0.3) is 0 Å². The van der Waals surface area contributed by atoms with Crippen LogP contribution in [-0.4, -0.2) is 5.78 Å². The highest BCUT2D eigenvalue weighted by atomic mass is 79.9. The van der Waals surface area contributed by atoms with Gasteiger partial charge in [-0.05, 0) is 27.9 Å². The summed E-state index contributed by atoms with van der Waals surface area (Å²) >= 11 is 10.5. The second kappa shape index (κ2) is 4.77. The minimum atomic E-state index is 0.0524. The number of carbonyl (C=O) groups excluding carboxylic acids is 1. The lowest BCUT2D eigenvalue weighted by atomic mass is 9.93. The van der Waals surface area contributed by atoms with Crippen LogP contribution in [0.2, 0.25) is 4.34 Å². The van der Waals surface area contributed by atoms with Gasteiger partial charge < -0.3 is 0 Å². The van der Waals surface area contributed by atoms with Crippen molar-refractivity contribution in [2.75, 3.05) is 0 Å². The molecule has 1 nitrogen and oxygen atoms in total. The van der Waals surface area contributed by atoms with Crippen molar-refractivity contribution >= 4 is 44.7 Å². The van der Waals surface area contributed by atoms with E-state index in [0.717, 1.165) is 9.35 Å². The zero-order chi connectivity index (χ0) is 10.9. The first-order valence-corrected chi connectivity index (χ1v) is 6.41. The summed E-state index contributed by atoms with van der Waals surface area (Å²) in [5.41, 5.74) is 0. The Bertz CT molecular complexity index is 326. The van der Waals surface area contributed by atoms with Gasteiger partial charge in [0.25, 0.3) is 0 Å². The highest BCUT2D eigenvalue weighted by Crippen LogP contribution is 2.33. The topological polar surface area (TPSA) is 17.1 Å². The normalized spacial score (nSPS) is 13.3. The first-order chi connectivity index (χ1) is 6.43. The summed E-state index contributed by atoms with van der Waals surface area (Å²) in [5.74, 6) is 0.594. The number of Topliss-reactive ketones (excluding diaryl/α,β-unsaturated/α-hetero) is 1. The molecule has 0 radical (unpaired) electrons. The largest absolute Gasteiger partial charge is 0.293 e. The molecule has 1 aromatic rings. The Morgan fingerprint density at radius 3 is 2.43 bits per heavy atom. The molecular formula is C10H12BrClOS. The van der Waals surface area contributed by atoms with Crippen molar-refractivity contribution in [1.82, 2.24) is 0 Å². The van der Waals surface area contributed by atoms with Crippen LogP contribution in [-0.2, 0) is 0 Å². The van der Waals surface area contributed by atoms with Crippen molar-refractivity contribution in [2.24, 2.45) is 11.8 Å². The second-order valence-corrected chi connectivity index (χ2v) is 6.14. The first kappa shape index (κ1) is 12.2. The molecule has 4 heteroatoms. The molecule has 0 N–H and O–H groups in total. The van der Waals surface area contributed by atoms with E-state index in [1.165, 1.54) is 11.3 Å². The smallest absolute Gasteiger partial charge is 0.175 e. The fraction of sp³-hybridized carbons (Fsp3) is 0.500. The van der Waals surface area contributed by atoms with Gasteiger partial charge in [-0.1, -0.05) is 32.4 Å². The Morgan fingerprint density at radius 1 is 1.50 bits per heavy atom. The Balaban J connectivity index is 2.90. The maximum absolute atomic E-state index is 11.9. The van der Waals surface area contributed by atoms with Crippen LogP contribution in [0.3, 0.4) is 0 Å². The van der Waals surface area contributed by atoms with E-state index in [4.69, 9.17) is 11.6 Å². The van der Waals surface area contributed by atoms with Crippen LogP contribution < -0.4 is 0 Å². The maximum atomic E-state index is 11.9. The van der Waals surface area contributed by atoms with Gasteiger partial charge >= 0.3 is 0 Å². The molecule has 1 atom stereocenters. The third-order valence-electron chi connectivity index (χ3n) is 2.30. The van der Waals surface area contributed by atoms with Crippen LogP contribution in [0.5, 0.6) is 0 Å². The van der Waals surface area contributed by atoms with Gasteiger partial charge in [-0.15, -0.1) is 11.3 Å². The van der Waals surface area contributed by atoms with E-state index in [1.54, 1.807) is 6.07 Å². The average Bonchev–Trinajstić information content (AvgIpc) is 2.44. The zero-order valence-electron chi connectivity index (χ0n) is 8.30. The summed E-state index contributed by atoms with van der Waals surface area (Å²) in [5, 5.41) is 0. The van der Waals surface area contributed by atoms with Crippen molar-refractivity contribution in [3.63, 3.8) is 0 Å². The van der Waals surface area contributed by atoms with Crippen molar-refractivity contribution in [3.05, 3.63) is 19.8 Å². The molecule has 0 aliphatic heterocycles. The van der Waals surface area contributed by atoms with Gasteiger partial charge in [0.1, 0.15) is 4.34 Å². The van der Waals surface area contributed by atoms with Crippen molar-refractivity contribution in [3.8, 4) is 0 Å².